The summed E-state index contributed by atoms with van der Waals surface area (Å²) < 4.78 is 29.3. The molecular formula is C17H22F2N8. The number of fused-ring (bicyclic) bond motifs is 1. The molecule has 0 radical (unpaired) electrons. The summed E-state index contributed by atoms with van der Waals surface area (Å²) in [6.07, 6.45) is 1.20. The number of aryl methyl sites for hydroxylation is 5. The molecule has 1 atom stereocenters. The summed E-state index contributed by atoms with van der Waals surface area (Å²) in [7, 11) is 1.82. The Labute approximate surface area is 155 Å². The molecule has 4 rings (SSSR count). The number of alkyl halides is 2. The monoisotopic (exact) mass is 376 g/mol. The molecule has 0 aliphatic carbocycles. The van der Waals surface area contributed by atoms with Gasteiger partial charge in [-0.3, -0.25) is 9.67 Å². The van der Waals surface area contributed by atoms with E-state index in [4.69, 9.17) is 0 Å². The number of anilines is 1. The molecule has 3 aromatic heterocycles. The molecule has 144 valence electrons. The molecule has 0 saturated carbocycles. The van der Waals surface area contributed by atoms with E-state index in [1.54, 1.807) is 15.4 Å². The molecule has 0 bridgehead atoms. The van der Waals surface area contributed by atoms with Crippen molar-refractivity contribution in [2.75, 3.05) is 18.0 Å². The predicted octanol–water partition coefficient (Wildman–Crippen LogP) is 1.75. The van der Waals surface area contributed by atoms with Crippen LogP contribution >= 0.6 is 0 Å². The molecule has 0 amide bonds. The molecule has 0 spiro atoms. The Bertz CT molecular complexity index is 924. The topological polar surface area (TPSA) is 77.0 Å². The number of rotatable bonds is 5. The lowest BCUT2D eigenvalue weighted by Gasteiger charge is -2.13. The quantitative estimate of drug-likeness (QED) is 0.675. The fourth-order valence-electron chi connectivity index (χ4n) is 3.40. The van der Waals surface area contributed by atoms with E-state index in [2.05, 4.69) is 25.1 Å². The maximum Gasteiger partial charge on any atom is 0.244 e. The zero-order valence-corrected chi connectivity index (χ0v) is 15.6. The van der Waals surface area contributed by atoms with Crippen LogP contribution in [0.15, 0.2) is 6.20 Å². The van der Waals surface area contributed by atoms with Crippen molar-refractivity contribution in [3.05, 3.63) is 29.2 Å². The molecule has 1 fully saturated rings. The Hall–Kier alpha value is -2.65. The van der Waals surface area contributed by atoms with Gasteiger partial charge in [0.15, 0.2) is 11.5 Å². The summed E-state index contributed by atoms with van der Waals surface area (Å²) in [6, 6.07) is 0. The van der Waals surface area contributed by atoms with Gasteiger partial charge in [0.2, 0.25) is 12.4 Å². The lowest BCUT2D eigenvalue weighted by Crippen LogP contribution is -2.23. The highest BCUT2D eigenvalue weighted by Crippen LogP contribution is 2.25. The van der Waals surface area contributed by atoms with Crippen LogP contribution in [0.4, 0.5) is 14.7 Å². The van der Waals surface area contributed by atoms with Crippen LogP contribution in [0.3, 0.4) is 0 Å². The van der Waals surface area contributed by atoms with Crippen molar-refractivity contribution in [3.63, 3.8) is 0 Å². The standard InChI is InChI=1S/C17H22F2N8/c1-10-8-20-11(2)16-21-13(23-27(10)16)4-5-14-22-17(24-25(14)3)26-7-6-12(9-26)15(18)19/h8,12,15H,4-7,9H2,1-3H3/t12-/m0/s1. The second-order valence-corrected chi connectivity index (χ2v) is 7.03. The van der Waals surface area contributed by atoms with E-state index in [-0.39, 0.29) is 0 Å². The predicted molar refractivity (Wildman–Crippen MR) is 95.0 cm³/mol. The molecule has 0 aromatic carbocycles. The summed E-state index contributed by atoms with van der Waals surface area (Å²) in [6.45, 7) is 4.72. The number of nitrogens with zero attached hydrogens (tertiary/aromatic N) is 8. The summed E-state index contributed by atoms with van der Waals surface area (Å²) in [4.78, 5) is 15.3. The van der Waals surface area contributed by atoms with Gasteiger partial charge >= 0.3 is 0 Å². The highest BCUT2D eigenvalue weighted by atomic mass is 19.3. The number of aromatic nitrogens is 7. The average Bonchev–Trinajstić information content (AvgIpc) is 3.34. The van der Waals surface area contributed by atoms with Crippen LogP contribution in [0, 0.1) is 19.8 Å². The summed E-state index contributed by atoms with van der Waals surface area (Å²) in [5.74, 6) is 1.43. The molecule has 1 aliphatic heterocycles. The second-order valence-electron chi connectivity index (χ2n) is 7.03. The minimum Gasteiger partial charge on any atom is -0.339 e. The van der Waals surface area contributed by atoms with Gasteiger partial charge in [-0.2, -0.15) is 10.1 Å². The molecule has 10 heteroatoms. The van der Waals surface area contributed by atoms with Crippen LogP contribution in [0.5, 0.6) is 0 Å². The van der Waals surface area contributed by atoms with E-state index in [1.807, 2.05) is 25.8 Å². The van der Waals surface area contributed by atoms with Crippen LogP contribution in [-0.2, 0) is 19.9 Å². The first-order valence-corrected chi connectivity index (χ1v) is 9.03. The maximum absolute atomic E-state index is 12.9. The fraction of sp³-hybridized carbons (Fsp3) is 0.588. The summed E-state index contributed by atoms with van der Waals surface area (Å²) >= 11 is 0. The van der Waals surface area contributed by atoms with Gasteiger partial charge in [-0.25, -0.2) is 18.3 Å². The van der Waals surface area contributed by atoms with E-state index in [9.17, 15) is 8.78 Å². The Morgan fingerprint density at radius 2 is 2.00 bits per heavy atom. The van der Waals surface area contributed by atoms with Crippen molar-refractivity contribution in [2.45, 2.75) is 39.5 Å². The van der Waals surface area contributed by atoms with Crippen LogP contribution in [-0.4, -0.2) is 53.9 Å². The van der Waals surface area contributed by atoms with Crippen LogP contribution < -0.4 is 4.90 Å². The van der Waals surface area contributed by atoms with E-state index in [0.717, 1.165) is 28.7 Å². The molecule has 27 heavy (non-hydrogen) atoms. The van der Waals surface area contributed by atoms with Crippen LogP contribution in [0.1, 0.15) is 29.5 Å². The van der Waals surface area contributed by atoms with Gasteiger partial charge in [0.25, 0.3) is 0 Å². The first-order chi connectivity index (χ1) is 12.9. The van der Waals surface area contributed by atoms with Crippen LogP contribution in [0.25, 0.3) is 5.65 Å². The molecule has 1 aliphatic rings. The van der Waals surface area contributed by atoms with Crippen molar-refractivity contribution in [1.29, 1.82) is 0 Å². The van der Waals surface area contributed by atoms with Crippen LogP contribution in [0.2, 0.25) is 0 Å². The molecular weight excluding hydrogens is 354 g/mol. The third kappa shape index (κ3) is 3.35. The normalized spacial score (nSPS) is 17.6. The van der Waals surface area contributed by atoms with Crippen molar-refractivity contribution in [2.24, 2.45) is 13.0 Å². The average molecular weight is 376 g/mol. The van der Waals surface area contributed by atoms with Crippen molar-refractivity contribution in [1.82, 2.24) is 34.3 Å². The van der Waals surface area contributed by atoms with E-state index < -0.39 is 12.3 Å². The van der Waals surface area contributed by atoms with Gasteiger partial charge < -0.3 is 4.90 Å². The molecule has 0 N–H and O–H groups in total. The summed E-state index contributed by atoms with van der Waals surface area (Å²) in [5.41, 5.74) is 2.53. The van der Waals surface area contributed by atoms with Gasteiger partial charge in [-0.05, 0) is 20.3 Å². The van der Waals surface area contributed by atoms with Gasteiger partial charge in [-0.15, -0.1) is 5.10 Å². The third-order valence-corrected chi connectivity index (χ3v) is 5.03. The lowest BCUT2D eigenvalue weighted by atomic mass is 10.1. The molecule has 3 aromatic rings. The first-order valence-electron chi connectivity index (χ1n) is 9.03. The maximum atomic E-state index is 12.9. The van der Waals surface area contributed by atoms with Gasteiger partial charge in [0.05, 0.1) is 11.4 Å². The Balaban J connectivity index is 1.47. The minimum atomic E-state index is -2.29. The largest absolute Gasteiger partial charge is 0.339 e. The van der Waals surface area contributed by atoms with E-state index >= 15 is 0 Å². The zero-order valence-electron chi connectivity index (χ0n) is 15.6. The zero-order chi connectivity index (χ0) is 19.1. The fourth-order valence-corrected chi connectivity index (χ4v) is 3.40. The van der Waals surface area contributed by atoms with E-state index in [0.29, 0.717) is 38.3 Å². The Morgan fingerprint density at radius 1 is 1.19 bits per heavy atom. The van der Waals surface area contributed by atoms with Crippen molar-refractivity contribution < 1.29 is 8.78 Å². The van der Waals surface area contributed by atoms with Gasteiger partial charge in [0.1, 0.15) is 5.82 Å². The molecule has 1 saturated heterocycles. The van der Waals surface area contributed by atoms with Crippen molar-refractivity contribution >= 4 is 11.6 Å². The molecule has 0 unspecified atom stereocenters. The highest BCUT2D eigenvalue weighted by Gasteiger charge is 2.31. The Kier molecular flexibility index (Phi) is 4.48. The van der Waals surface area contributed by atoms with Gasteiger partial charge in [0, 0.05) is 45.1 Å². The first kappa shape index (κ1) is 17.7. The number of hydrogen-bond acceptors (Lipinski definition) is 6. The summed E-state index contributed by atoms with van der Waals surface area (Å²) in [5, 5.41) is 8.95. The van der Waals surface area contributed by atoms with Crippen molar-refractivity contribution in [3.8, 4) is 0 Å². The smallest absolute Gasteiger partial charge is 0.244 e. The third-order valence-electron chi connectivity index (χ3n) is 5.03. The molecule has 8 nitrogen and oxygen atoms in total. The number of halogens is 2. The van der Waals surface area contributed by atoms with E-state index in [1.165, 1.54) is 0 Å². The Morgan fingerprint density at radius 3 is 2.70 bits per heavy atom. The number of hydrogen-bond donors (Lipinski definition) is 0. The van der Waals surface area contributed by atoms with Gasteiger partial charge in [-0.1, -0.05) is 0 Å². The lowest BCUT2D eigenvalue weighted by molar-refractivity contribution is 0.0879. The molecule has 4 heterocycles. The SMILES string of the molecule is Cc1ncc(C)n2nc(CCc3nc(N4CC[C@H](C(F)F)C4)nn3C)nc12. The highest BCUT2D eigenvalue weighted by molar-refractivity contribution is 5.43. The second kappa shape index (κ2) is 6.82. The minimum absolute atomic E-state index is 0.306.